The molecule has 19 nitrogen and oxygen atoms in total. The molecule has 478 valence electrons. The summed E-state index contributed by atoms with van der Waals surface area (Å²) in [5.74, 6) is 4.64. The number of nitriles is 3. The first-order valence-corrected chi connectivity index (χ1v) is 31.6. The number of benzene rings is 4. The summed E-state index contributed by atoms with van der Waals surface area (Å²) >= 11 is 0. The van der Waals surface area contributed by atoms with Crippen LogP contribution in [-0.2, 0) is 24.1 Å². The number of aliphatic hydroxyl groups excluding tert-OH is 1. The first kappa shape index (κ1) is 66.8. The lowest BCUT2D eigenvalue weighted by atomic mass is 9.64. The zero-order valence-electron chi connectivity index (χ0n) is 54.4. The van der Waals surface area contributed by atoms with Crippen LogP contribution in [0.15, 0.2) is 110 Å². The molecule has 0 bridgehead atoms. The Bertz CT molecular complexity index is 3670. The van der Waals surface area contributed by atoms with Gasteiger partial charge in [0.05, 0.1) is 24.7 Å². The molecule has 90 heavy (non-hydrogen) atoms. The molecule has 0 saturated heterocycles. The normalized spacial score (nSPS) is 20.0. The SMILES string of the molecule is CC(=O)Nc1ccc(CCNc2ncc(C#N)c(N[C@@H]3CC[C@H](C)C(C)(C)C3)n2)cc1.CC1(C)[C@@H](O)C[C@H]1Nc1nc(NCCc2cccc3ccccc23)ncc1C#N.C[C@H]1CC[C@@H](Nc2nc(NCCc3ccc(N(C)C)cc3)ncc2C#N)CC1(C)C.[HH].[HH].[HH]. The highest BCUT2D eigenvalue weighted by Gasteiger charge is 2.47. The number of nitrogens with zero attached hydrogens (tertiary/aromatic N) is 10. The third-order valence-electron chi connectivity index (χ3n) is 18.7. The molecule has 3 saturated carbocycles. The highest BCUT2D eigenvalue weighted by atomic mass is 16.3. The van der Waals surface area contributed by atoms with Crippen molar-refractivity contribution in [2.45, 2.75) is 151 Å². The number of hydrogen-bond acceptors (Lipinski definition) is 18. The second-order valence-electron chi connectivity index (χ2n) is 26.6. The predicted molar refractivity (Wildman–Crippen MR) is 369 cm³/mol. The van der Waals surface area contributed by atoms with Crippen LogP contribution in [0.3, 0.4) is 0 Å². The summed E-state index contributed by atoms with van der Waals surface area (Å²) in [4.78, 5) is 39.8. The number of carbonyl (C=O) groups is 1. The summed E-state index contributed by atoms with van der Waals surface area (Å²) in [5, 5.41) is 63.7. The molecule has 4 aromatic carbocycles. The van der Waals surface area contributed by atoms with Gasteiger partial charge in [-0.1, -0.05) is 122 Å². The smallest absolute Gasteiger partial charge is 0.224 e. The Morgan fingerprint density at radius 3 is 1.48 bits per heavy atom. The van der Waals surface area contributed by atoms with Crippen molar-refractivity contribution >= 4 is 63.4 Å². The number of fused-ring (bicyclic) bond motifs is 1. The largest absolute Gasteiger partial charge is 0.392 e. The highest BCUT2D eigenvalue weighted by molar-refractivity contribution is 5.88. The minimum atomic E-state index is -0.342. The van der Waals surface area contributed by atoms with E-state index in [1.54, 1.807) is 12.4 Å². The van der Waals surface area contributed by atoms with E-state index in [0.29, 0.717) is 101 Å². The summed E-state index contributed by atoms with van der Waals surface area (Å²) in [6.45, 7) is 21.5. The Kier molecular flexibility index (Phi) is 22.6. The van der Waals surface area contributed by atoms with Crippen molar-refractivity contribution in [3.63, 3.8) is 0 Å². The number of amides is 1. The molecule has 3 aromatic heterocycles. The minimum absolute atomic E-state index is 0. The van der Waals surface area contributed by atoms with Crippen LogP contribution in [0.5, 0.6) is 0 Å². The van der Waals surface area contributed by atoms with Gasteiger partial charge in [-0.3, -0.25) is 4.79 Å². The quantitative estimate of drug-likeness (QED) is 0.0352. The Labute approximate surface area is 536 Å². The Balaban J connectivity index is 0.000000249. The van der Waals surface area contributed by atoms with Crippen molar-refractivity contribution in [2.75, 3.05) is 75.8 Å². The van der Waals surface area contributed by atoms with Crippen LogP contribution in [-0.4, -0.2) is 98.9 Å². The molecule has 0 unspecified atom stereocenters. The van der Waals surface area contributed by atoms with Crippen molar-refractivity contribution in [3.05, 3.63) is 143 Å². The lowest BCUT2D eigenvalue weighted by molar-refractivity contribution is -0.114. The van der Waals surface area contributed by atoms with Crippen LogP contribution < -0.4 is 42.1 Å². The molecule has 0 spiro atoms. The fraction of sp³-hybridized carbons (Fsp3) is 0.465. The first-order chi connectivity index (χ1) is 43.0. The van der Waals surface area contributed by atoms with Crippen LogP contribution >= 0.6 is 0 Å². The van der Waals surface area contributed by atoms with Crippen molar-refractivity contribution in [2.24, 2.45) is 28.1 Å². The molecule has 3 fully saturated rings. The molecule has 6 atom stereocenters. The van der Waals surface area contributed by atoms with Gasteiger partial charge in [0.1, 0.15) is 52.4 Å². The maximum atomic E-state index is 11.1. The average Bonchev–Trinajstić information content (AvgIpc) is 0.822. The zero-order chi connectivity index (χ0) is 64.6. The van der Waals surface area contributed by atoms with E-state index in [0.717, 1.165) is 62.7 Å². The molecular weight excluding hydrogens is 1120 g/mol. The van der Waals surface area contributed by atoms with Crippen LogP contribution in [0.25, 0.3) is 10.8 Å². The minimum Gasteiger partial charge on any atom is -0.392 e. The van der Waals surface area contributed by atoms with E-state index < -0.39 is 0 Å². The molecule has 3 heterocycles. The number of carbonyl (C=O) groups excluding carboxylic acids is 1. The third kappa shape index (κ3) is 18.0. The average molecular weight is 1220 g/mol. The summed E-state index contributed by atoms with van der Waals surface area (Å²) in [5.41, 5.74) is 7.34. The fourth-order valence-corrected chi connectivity index (χ4v) is 11.9. The Morgan fingerprint density at radius 1 is 0.600 bits per heavy atom. The van der Waals surface area contributed by atoms with Crippen LogP contribution in [0.2, 0.25) is 0 Å². The van der Waals surface area contributed by atoms with E-state index in [1.807, 2.05) is 58.3 Å². The zero-order valence-corrected chi connectivity index (χ0v) is 54.4. The Morgan fingerprint density at radius 2 is 1.04 bits per heavy atom. The molecule has 1 amide bonds. The molecule has 7 aromatic rings. The molecule has 0 radical (unpaired) electrons. The number of anilines is 8. The van der Waals surface area contributed by atoms with E-state index in [1.165, 1.54) is 53.5 Å². The lowest BCUT2D eigenvalue weighted by Gasteiger charge is -2.49. The van der Waals surface area contributed by atoms with Crippen LogP contribution in [0, 0.1) is 62.1 Å². The summed E-state index contributed by atoms with van der Waals surface area (Å²) in [7, 11) is 4.08. The molecule has 0 aliphatic heterocycles. The van der Waals surface area contributed by atoms with E-state index in [2.05, 4.69) is 192 Å². The van der Waals surface area contributed by atoms with E-state index >= 15 is 0 Å². The van der Waals surface area contributed by atoms with E-state index in [-0.39, 0.29) is 33.2 Å². The van der Waals surface area contributed by atoms with Gasteiger partial charge in [-0.25, -0.2) is 15.0 Å². The summed E-state index contributed by atoms with van der Waals surface area (Å²) in [6, 6.07) is 38.3. The summed E-state index contributed by atoms with van der Waals surface area (Å²) < 4.78 is 0. The number of aromatic nitrogens is 6. The Hall–Kier alpha value is -9.12. The van der Waals surface area contributed by atoms with Crippen LogP contribution in [0.1, 0.15) is 145 Å². The van der Waals surface area contributed by atoms with Gasteiger partial charge in [0.25, 0.3) is 0 Å². The van der Waals surface area contributed by atoms with Crippen molar-refractivity contribution in [1.29, 1.82) is 15.8 Å². The summed E-state index contributed by atoms with van der Waals surface area (Å²) in [6.07, 6.45) is 14.2. The van der Waals surface area contributed by atoms with Gasteiger partial charge in [-0.2, -0.15) is 30.7 Å². The van der Waals surface area contributed by atoms with Gasteiger partial charge in [0.15, 0.2) is 0 Å². The van der Waals surface area contributed by atoms with Gasteiger partial charge in [-0.15, -0.1) is 0 Å². The number of rotatable bonds is 20. The monoisotopic (exact) mass is 1220 g/mol. The van der Waals surface area contributed by atoms with Crippen LogP contribution in [0.4, 0.5) is 46.7 Å². The molecule has 3 aliphatic carbocycles. The standard InChI is InChI=1S/C24H32N6O.C24H34N6.C23H25N5O.3H2/c1-16-5-8-21(13-24(16,3)4)29-22-19(14-25)15-27-23(30-22)26-12-11-18-6-9-20(10-7-18)28-17(2)31;1-17-6-9-20(14-24(17,2)3)28-22-19(15-25)16-27-23(29-22)26-13-12-18-7-10-21(11-8-18)30(4)5;1-23(2)19(12-20(23)29)27-21-17(13-24)14-26-22(28-21)25-11-10-16-8-5-7-15-6-3-4-9-18(15)16;;;/h6-7,9-10,15-16,21H,5,8,11-13H2,1-4H3,(H,28,31)(H2,26,27,29,30);7-8,10-11,16-17,20H,6,9,12-14H2,1-5H3,(H2,26,27,28,29);3-9,14,19-20,29H,10-12H2,1-2H3,(H2,25,26,27,28);3*1H/t16-,21+;17-,20+;19-,20+;;;/m001.../s1. The number of hydrogen-bond donors (Lipinski definition) is 8. The first-order valence-electron chi connectivity index (χ1n) is 31.6. The lowest BCUT2D eigenvalue weighted by Crippen LogP contribution is -2.57. The van der Waals surface area contributed by atoms with Gasteiger partial charge >= 0.3 is 0 Å². The maximum absolute atomic E-state index is 11.1. The van der Waals surface area contributed by atoms with Gasteiger partial charge in [-0.05, 0) is 139 Å². The molecule has 19 heteroatoms. The maximum Gasteiger partial charge on any atom is 0.224 e. The van der Waals surface area contributed by atoms with Crippen molar-refractivity contribution in [1.82, 2.24) is 29.9 Å². The second kappa shape index (κ2) is 30.4. The third-order valence-corrected chi connectivity index (χ3v) is 18.7. The molecule has 3 aliphatic rings. The van der Waals surface area contributed by atoms with Gasteiger partial charge < -0.3 is 47.2 Å². The van der Waals surface area contributed by atoms with E-state index in [4.69, 9.17) is 0 Å². The van der Waals surface area contributed by atoms with Crippen molar-refractivity contribution < 1.29 is 14.2 Å². The topological polar surface area (TPSA) is 273 Å². The molecular formula is C71H97N17O2. The van der Waals surface area contributed by atoms with Gasteiger partial charge in [0.2, 0.25) is 23.8 Å². The number of aliphatic hydroxyl groups is 1. The molecule has 8 N–H and O–H groups in total. The number of nitrogens with one attached hydrogen (secondary N) is 7. The van der Waals surface area contributed by atoms with E-state index in [9.17, 15) is 25.7 Å². The highest BCUT2D eigenvalue weighted by Crippen LogP contribution is 2.44. The second-order valence-corrected chi connectivity index (χ2v) is 26.6. The van der Waals surface area contributed by atoms with Crippen molar-refractivity contribution in [3.8, 4) is 18.2 Å². The fourth-order valence-electron chi connectivity index (χ4n) is 11.9. The molecule has 10 rings (SSSR count). The predicted octanol–water partition coefficient (Wildman–Crippen LogP) is 13.7. The van der Waals surface area contributed by atoms with Gasteiger partial charge in [0, 0.05) is 79.8 Å².